The van der Waals surface area contributed by atoms with Crippen molar-refractivity contribution in [3.63, 3.8) is 0 Å². The van der Waals surface area contributed by atoms with Crippen LogP contribution in [0.5, 0.6) is 0 Å². The van der Waals surface area contributed by atoms with Gasteiger partial charge in [-0.2, -0.15) is 0 Å². The van der Waals surface area contributed by atoms with Crippen molar-refractivity contribution >= 4 is 29.8 Å². The van der Waals surface area contributed by atoms with Gasteiger partial charge in [-0.1, -0.05) is 85.5 Å². The molecule has 0 bridgehead atoms. The predicted octanol–water partition coefficient (Wildman–Crippen LogP) is 5.63. The van der Waals surface area contributed by atoms with Gasteiger partial charge in [0.15, 0.2) is 0 Å². The number of para-hydroxylation sites is 1. The van der Waals surface area contributed by atoms with Crippen LogP contribution in [0.4, 0.5) is 11.4 Å². The zero-order chi connectivity index (χ0) is 17.8. The maximum Gasteiger partial charge on any atom is 0.320 e. The molecule has 0 atom stereocenters. The van der Waals surface area contributed by atoms with Gasteiger partial charge in [-0.15, -0.1) is 0 Å². The van der Waals surface area contributed by atoms with Crippen molar-refractivity contribution in [3.05, 3.63) is 96.0 Å². The summed E-state index contributed by atoms with van der Waals surface area (Å²) in [7, 11) is 0. The van der Waals surface area contributed by atoms with Crippen LogP contribution >= 0.6 is 0 Å². The van der Waals surface area contributed by atoms with Gasteiger partial charge in [0.1, 0.15) is 0 Å². The minimum absolute atomic E-state index is 0.215. The van der Waals surface area contributed by atoms with Crippen molar-refractivity contribution in [2.45, 2.75) is 26.2 Å². The van der Waals surface area contributed by atoms with Gasteiger partial charge in [0.25, 0.3) is 0 Å². The molecule has 0 radical (unpaired) electrons. The lowest BCUT2D eigenvalue weighted by molar-refractivity contribution is 0.795. The molecule has 3 aromatic rings. The van der Waals surface area contributed by atoms with E-state index in [1.807, 2.05) is 0 Å². The second-order valence-electron chi connectivity index (χ2n) is 6.92. The van der Waals surface area contributed by atoms with Crippen LogP contribution in [0.15, 0.2) is 84.8 Å². The molecule has 2 heteroatoms. The minimum atomic E-state index is 0.215. The van der Waals surface area contributed by atoms with Crippen LogP contribution in [0, 0.1) is 0 Å². The molecule has 0 spiro atoms. The largest absolute Gasteiger partial charge is 0.377 e. The van der Waals surface area contributed by atoms with E-state index < -0.39 is 0 Å². The fraction of sp³-hybridized carbons (Fsp3) is 0.167. The van der Waals surface area contributed by atoms with Gasteiger partial charge in [-0.05, 0) is 48.2 Å². The highest BCUT2D eigenvalue weighted by Crippen LogP contribution is 2.34. The SMILES string of the molecule is CCCCc1ccc2c(c1)C=CB(c1ccccc1)N2c1ccccc1. The summed E-state index contributed by atoms with van der Waals surface area (Å²) in [5, 5.41) is 0. The van der Waals surface area contributed by atoms with Crippen molar-refractivity contribution < 1.29 is 0 Å². The van der Waals surface area contributed by atoms with Crippen molar-refractivity contribution in [2.24, 2.45) is 0 Å². The highest BCUT2D eigenvalue weighted by Gasteiger charge is 2.29. The molecule has 0 unspecified atom stereocenters. The number of anilines is 2. The smallest absolute Gasteiger partial charge is 0.320 e. The van der Waals surface area contributed by atoms with E-state index in [9.17, 15) is 0 Å². The molecule has 0 fully saturated rings. The Bertz CT molecular complexity index is 887. The molecule has 0 aromatic heterocycles. The quantitative estimate of drug-likeness (QED) is 0.545. The molecule has 128 valence electrons. The molecule has 0 N–H and O–H groups in total. The van der Waals surface area contributed by atoms with Gasteiger partial charge in [-0.3, -0.25) is 0 Å². The summed E-state index contributed by atoms with van der Waals surface area (Å²) in [4.78, 5) is 2.45. The molecule has 0 amide bonds. The molecule has 1 nitrogen and oxygen atoms in total. The third-order valence-corrected chi connectivity index (χ3v) is 5.08. The number of benzene rings is 3. The lowest BCUT2D eigenvalue weighted by atomic mass is 9.52. The first-order valence-corrected chi connectivity index (χ1v) is 9.57. The first-order chi connectivity index (χ1) is 12.9. The summed E-state index contributed by atoms with van der Waals surface area (Å²) in [6, 6.07) is 28.4. The molecule has 1 aliphatic rings. The number of rotatable bonds is 5. The summed E-state index contributed by atoms with van der Waals surface area (Å²) in [6.45, 7) is 2.47. The van der Waals surface area contributed by atoms with E-state index in [0.717, 1.165) is 6.42 Å². The van der Waals surface area contributed by atoms with Gasteiger partial charge in [0, 0.05) is 11.4 Å². The average Bonchev–Trinajstić information content (AvgIpc) is 2.72. The Labute approximate surface area is 157 Å². The van der Waals surface area contributed by atoms with E-state index in [1.165, 1.54) is 40.8 Å². The first kappa shape index (κ1) is 16.7. The zero-order valence-corrected chi connectivity index (χ0v) is 15.3. The molecule has 1 heterocycles. The lowest BCUT2D eigenvalue weighted by Crippen LogP contribution is -2.46. The van der Waals surface area contributed by atoms with Crippen molar-refractivity contribution in [2.75, 3.05) is 4.81 Å². The van der Waals surface area contributed by atoms with Crippen LogP contribution in [0.2, 0.25) is 0 Å². The Morgan fingerprint density at radius 1 is 0.846 bits per heavy atom. The zero-order valence-electron chi connectivity index (χ0n) is 15.3. The van der Waals surface area contributed by atoms with Gasteiger partial charge in [0.05, 0.1) is 0 Å². The van der Waals surface area contributed by atoms with Crippen molar-refractivity contribution in [1.29, 1.82) is 0 Å². The maximum atomic E-state index is 2.45. The Kier molecular flexibility index (Phi) is 4.92. The number of aryl methyl sites for hydroxylation is 1. The number of fused-ring (bicyclic) bond motifs is 1. The van der Waals surface area contributed by atoms with Crippen LogP contribution in [0.3, 0.4) is 0 Å². The molecule has 0 aliphatic carbocycles. The molecular formula is C24H24BN. The van der Waals surface area contributed by atoms with E-state index >= 15 is 0 Å². The summed E-state index contributed by atoms with van der Waals surface area (Å²) in [5.74, 6) is 2.33. The first-order valence-electron chi connectivity index (χ1n) is 9.57. The number of hydrogen-bond acceptors (Lipinski definition) is 1. The van der Waals surface area contributed by atoms with Gasteiger partial charge < -0.3 is 4.81 Å². The van der Waals surface area contributed by atoms with Gasteiger partial charge in [-0.25, -0.2) is 0 Å². The summed E-state index contributed by atoms with van der Waals surface area (Å²) >= 11 is 0. The Hall–Kier alpha value is -2.74. The van der Waals surface area contributed by atoms with E-state index in [2.05, 4.69) is 103 Å². The standard InChI is InChI=1S/C24H24BN/c1-2-3-10-20-15-16-24-21(19-20)17-18-25(22-11-6-4-7-12-22)26(24)23-13-8-5-9-14-23/h4-9,11-19H,2-3,10H2,1H3. The Morgan fingerprint density at radius 2 is 1.58 bits per heavy atom. The van der Waals surface area contributed by atoms with Crippen LogP contribution in [-0.2, 0) is 6.42 Å². The molecule has 4 rings (SSSR count). The van der Waals surface area contributed by atoms with E-state index in [0.29, 0.717) is 0 Å². The third-order valence-electron chi connectivity index (χ3n) is 5.08. The average molecular weight is 337 g/mol. The Balaban J connectivity index is 1.79. The fourth-order valence-corrected chi connectivity index (χ4v) is 3.72. The van der Waals surface area contributed by atoms with Crippen molar-refractivity contribution in [1.82, 2.24) is 0 Å². The summed E-state index contributed by atoms with van der Waals surface area (Å²) in [5.41, 5.74) is 6.57. The normalized spacial score (nSPS) is 13.0. The van der Waals surface area contributed by atoms with E-state index in [4.69, 9.17) is 0 Å². The third kappa shape index (κ3) is 3.32. The second kappa shape index (κ2) is 7.66. The maximum absolute atomic E-state index is 2.45. The number of unbranched alkanes of at least 4 members (excludes halogenated alkanes) is 1. The second-order valence-corrected chi connectivity index (χ2v) is 6.92. The highest BCUT2D eigenvalue weighted by atomic mass is 15.1. The Morgan fingerprint density at radius 3 is 2.31 bits per heavy atom. The highest BCUT2D eigenvalue weighted by molar-refractivity contribution is 6.83. The van der Waals surface area contributed by atoms with E-state index in [1.54, 1.807) is 0 Å². The van der Waals surface area contributed by atoms with Crippen LogP contribution in [-0.4, -0.2) is 6.85 Å². The van der Waals surface area contributed by atoms with Gasteiger partial charge in [0.2, 0.25) is 0 Å². The molecule has 26 heavy (non-hydrogen) atoms. The molecule has 0 saturated heterocycles. The monoisotopic (exact) mass is 337 g/mol. The van der Waals surface area contributed by atoms with Crippen LogP contribution in [0.1, 0.15) is 30.9 Å². The summed E-state index contributed by atoms with van der Waals surface area (Å²) < 4.78 is 0. The summed E-state index contributed by atoms with van der Waals surface area (Å²) in [6.07, 6.45) is 5.93. The lowest BCUT2D eigenvalue weighted by Gasteiger charge is -2.34. The molecule has 0 saturated carbocycles. The minimum Gasteiger partial charge on any atom is -0.377 e. The van der Waals surface area contributed by atoms with E-state index in [-0.39, 0.29) is 6.85 Å². The van der Waals surface area contributed by atoms with Crippen LogP contribution in [0.25, 0.3) is 6.08 Å². The number of nitrogens with zero attached hydrogens (tertiary/aromatic N) is 1. The van der Waals surface area contributed by atoms with Gasteiger partial charge >= 0.3 is 6.85 Å². The predicted molar refractivity (Wildman–Crippen MR) is 114 cm³/mol. The molecule has 3 aromatic carbocycles. The number of hydrogen-bond donors (Lipinski definition) is 0. The molecular weight excluding hydrogens is 313 g/mol. The topological polar surface area (TPSA) is 3.24 Å². The fourth-order valence-electron chi connectivity index (χ4n) is 3.72. The molecule has 1 aliphatic heterocycles. The van der Waals surface area contributed by atoms with Crippen LogP contribution < -0.4 is 10.3 Å². The van der Waals surface area contributed by atoms with Crippen molar-refractivity contribution in [3.8, 4) is 0 Å².